The van der Waals surface area contributed by atoms with Crippen molar-refractivity contribution in [3.05, 3.63) is 22.5 Å². The molecule has 3 N–H and O–H groups in total. The Hall–Kier alpha value is -1.98. The Balaban J connectivity index is 1.59. The van der Waals surface area contributed by atoms with Crippen LogP contribution >= 0.6 is 23.1 Å². The largest absolute Gasteiger partial charge is 0.379 e. The fraction of sp³-hybridized carbons (Fsp3) is 0.533. The van der Waals surface area contributed by atoms with E-state index in [1.807, 2.05) is 0 Å². The zero-order valence-electron chi connectivity index (χ0n) is 14.4. The summed E-state index contributed by atoms with van der Waals surface area (Å²) < 4.78 is 7.38. The first-order valence-corrected chi connectivity index (χ1v) is 10.1. The lowest BCUT2D eigenvalue weighted by molar-refractivity contribution is -0.0466. The van der Waals surface area contributed by atoms with Crippen LogP contribution in [0.15, 0.2) is 16.7 Å². The van der Waals surface area contributed by atoms with Gasteiger partial charge in [-0.15, -0.1) is 16.4 Å². The first kappa shape index (κ1) is 17.4. The van der Waals surface area contributed by atoms with Crippen LogP contribution in [0.25, 0.3) is 0 Å². The molecule has 1 fully saturated rings. The third-order valence-electron chi connectivity index (χ3n) is 4.54. The van der Waals surface area contributed by atoms with Crippen molar-refractivity contribution in [3.8, 4) is 0 Å². The number of ether oxygens (including phenoxy) is 1. The number of anilines is 1. The van der Waals surface area contributed by atoms with E-state index in [9.17, 15) is 4.79 Å². The maximum Gasteiger partial charge on any atom is 0.296 e. The highest BCUT2D eigenvalue weighted by Crippen LogP contribution is 2.46. The first-order chi connectivity index (χ1) is 12.5. The highest BCUT2D eigenvalue weighted by Gasteiger charge is 2.49. The summed E-state index contributed by atoms with van der Waals surface area (Å²) in [7, 11) is 1.71. The fourth-order valence-electron chi connectivity index (χ4n) is 3.22. The van der Waals surface area contributed by atoms with E-state index in [1.54, 1.807) is 24.2 Å². The van der Waals surface area contributed by atoms with Gasteiger partial charge in [-0.2, -0.15) is 0 Å². The van der Waals surface area contributed by atoms with Gasteiger partial charge in [-0.1, -0.05) is 11.8 Å². The molecule has 1 amide bonds. The highest BCUT2D eigenvalue weighted by molar-refractivity contribution is 8.13. The molecule has 2 aromatic heterocycles. The molecule has 3 unspecified atom stereocenters. The number of amides is 1. The molecule has 0 radical (unpaired) electrons. The summed E-state index contributed by atoms with van der Waals surface area (Å²) in [5.74, 6) is 1.36. The van der Waals surface area contributed by atoms with Crippen molar-refractivity contribution in [2.24, 2.45) is 23.7 Å². The third-order valence-corrected chi connectivity index (χ3v) is 6.51. The first-order valence-electron chi connectivity index (χ1n) is 8.19. The van der Waals surface area contributed by atoms with Crippen LogP contribution in [0.4, 0.5) is 5.82 Å². The van der Waals surface area contributed by atoms with Crippen molar-refractivity contribution in [3.63, 3.8) is 0 Å². The van der Waals surface area contributed by atoms with Crippen molar-refractivity contribution in [2.75, 3.05) is 17.7 Å². The number of aromatic nitrogens is 4. The third kappa shape index (κ3) is 3.10. The molecule has 0 saturated carbocycles. The van der Waals surface area contributed by atoms with Gasteiger partial charge < -0.3 is 15.8 Å². The van der Waals surface area contributed by atoms with Gasteiger partial charge in [-0.25, -0.2) is 15.0 Å². The molecule has 26 heavy (non-hydrogen) atoms. The average molecular weight is 393 g/mol. The van der Waals surface area contributed by atoms with Gasteiger partial charge >= 0.3 is 0 Å². The summed E-state index contributed by atoms with van der Waals surface area (Å²) in [5.41, 5.74) is 5.44. The number of thiazole rings is 1. The van der Waals surface area contributed by atoms with Crippen LogP contribution in [-0.2, 0) is 17.3 Å². The van der Waals surface area contributed by atoms with Gasteiger partial charge in [0.05, 0.1) is 12.7 Å². The predicted molar refractivity (Wildman–Crippen MR) is 100 cm³/mol. The van der Waals surface area contributed by atoms with Gasteiger partial charge in [0.1, 0.15) is 22.7 Å². The minimum Gasteiger partial charge on any atom is -0.379 e. The minimum atomic E-state index is -0.571. The Bertz CT molecular complexity index is 864. The Morgan fingerprint density at radius 3 is 3.15 bits per heavy atom. The van der Waals surface area contributed by atoms with Crippen LogP contribution in [0.1, 0.15) is 29.0 Å². The normalized spacial score (nSPS) is 28.3. The van der Waals surface area contributed by atoms with Crippen LogP contribution in [0.3, 0.4) is 0 Å². The number of aliphatic imine (C=N–C) groups is 1. The summed E-state index contributed by atoms with van der Waals surface area (Å²) in [6.07, 6.45) is 2.57. The Morgan fingerprint density at radius 2 is 2.38 bits per heavy atom. The number of amidine groups is 1. The second-order valence-corrected chi connectivity index (χ2v) is 8.37. The zero-order chi connectivity index (χ0) is 18.3. The number of nitrogens with two attached hydrogens (primary N) is 1. The number of carbonyl (C=O) groups excluding carboxylic acids is 1. The van der Waals surface area contributed by atoms with Crippen molar-refractivity contribution >= 4 is 40.0 Å². The lowest BCUT2D eigenvalue weighted by Gasteiger charge is -2.44. The van der Waals surface area contributed by atoms with E-state index in [0.29, 0.717) is 23.5 Å². The Labute approximate surface area is 158 Å². The molecule has 138 valence electrons. The van der Waals surface area contributed by atoms with E-state index in [0.717, 1.165) is 17.2 Å². The maximum absolute atomic E-state index is 12.2. The van der Waals surface area contributed by atoms with Crippen molar-refractivity contribution in [1.29, 1.82) is 0 Å². The zero-order valence-corrected chi connectivity index (χ0v) is 16.0. The van der Waals surface area contributed by atoms with E-state index < -0.39 is 11.4 Å². The quantitative estimate of drug-likeness (QED) is 0.804. The summed E-state index contributed by atoms with van der Waals surface area (Å²) in [6, 6.07) is 0. The molecule has 2 aliphatic heterocycles. The number of thioether (sulfide) groups is 1. The molecule has 4 rings (SSSR count). The SMILES string of the molecule is CC1CC2CSC(N)=NC2(c2nc(NC(=O)c3ncn(C)n3)cs2)CO1. The van der Waals surface area contributed by atoms with Crippen LogP contribution in [0.2, 0.25) is 0 Å². The number of carbonyl (C=O) groups is 1. The van der Waals surface area contributed by atoms with E-state index in [1.165, 1.54) is 22.3 Å². The molecule has 0 aromatic carbocycles. The van der Waals surface area contributed by atoms with E-state index >= 15 is 0 Å². The van der Waals surface area contributed by atoms with Gasteiger partial charge in [-0.05, 0) is 13.3 Å². The highest BCUT2D eigenvalue weighted by atomic mass is 32.2. The number of rotatable bonds is 3. The average Bonchev–Trinajstić information content (AvgIpc) is 3.24. The van der Waals surface area contributed by atoms with Crippen molar-refractivity contribution in [1.82, 2.24) is 19.7 Å². The van der Waals surface area contributed by atoms with Crippen LogP contribution < -0.4 is 11.1 Å². The molecule has 1 saturated heterocycles. The summed E-state index contributed by atoms with van der Waals surface area (Å²) in [6.45, 7) is 2.52. The Kier molecular flexibility index (Phi) is 4.45. The monoisotopic (exact) mass is 393 g/mol. The predicted octanol–water partition coefficient (Wildman–Crippen LogP) is 1.21. The number of fused-ring (bicyclic) bond motifs is 1. The number of nitrogens with one attached hydrogen (secondary N) is 1. The maximum atomic E-state index is 12.2. The second-order valence-electron chi connectivity index (χ2n) is 6.47. The van der Waals surface area contributed by atoms with Crippen LogP contribution in [0.5, 0.6) is 0 Å². The van der Waals surface area contributed by atoms with Crippen LogP contribution in [0, 0.1) is 5.92 Å². The van der Waals surface area contributed by atoms with E-state index in [-0.39, 0.29) is 11.9 Å². The molecule has 3 atom stereocenters. The van der Waals surface area contributed by atoms with Crippen LogP contribution in [-0.4, -0.2) is 49.3 Å². The molecule has 2 aromatic rings. The van der Waals surface area contributed by atoms with Crippen molar-refractivity contribution < 1.29 is 9.53 Å². The number of nitrogens with zero attached hydrogens (tertiary/aromatic N) is 5. The molecule has 2 aliphatic rings. The van der Waals surface area contributed by atoms with Gasteiger partial charge in [0.2, 0.25) is 5.82 Å². The smallest absolute Gasteiger partial charge is 0.296 e. The molecule has 0 bridgehead atoms. The van der Waals surface area contributed by atoms with E-state index in [2.05, 4.69) is 27.3 Å². The lowest BCUT2D eigenvalue weighted by atomic mass is 9.80. The standard InChI is InChI=1S/C15H19N7O2S2/c1-8-3-9-4-26-14(16)20-15(9,6-24-8)13-19-10(5-25-13)18-12(23)11-17-7-22(2)21-11/h5,7-9H,3-4,6H2,1-2H3,(H2,16,20)(H,18,23). The van der Waals surface area contributed by atoms with Crippen molar-refractivity contribution in [2.45, 2.75) is 25.0 Å². The van der Waals surface area contributed by atoms with Gasteiger partial charge in [0, 0.05) is 24.1 Å². The molecule has 9 nitrogen and oxygen atoms in total. The molecular formula is C15H19N7O2S2. The van der Waals surface area contributed by atoms with Gasteiger partial charge in [-0.3, -0.25) is 9.48 Å². The summed E-state index contributed by atoms with van der Waals surface area (Å²) in [5, 5.41) is 9.89. The molecule has 4 heterocycles. The molecule has 0 spiro atoms. The fourth-order valence-corrected chi connectivity index (χ4v) is 5.20. The minimum absolute atomic E-state index is 0.101. The summed E-state index contributed by atoms with van der Waals surface area (Å²) in [4.78, 5) is 25.5. The van der Waals surface area contributed by atoms with Gasteiger partial charge in [0.25, 0.3) is 5.91 Å². The molecule has 0 aliphatic carbocycles. The van der Waals surface area contributed by atoms with E-state index in [4.69, 9.17) is 15.5 Å². The number of hydrogen-bond acceptors (Lipinski definition) is 9. The Morgan fingerprint density at radius 1 is 1.54 bits per heavy atom. The lowest BCUT2D eigenvalue weighted by Crippen LogP contribution is -2.49. The molecular weight excluding hydrogens is 374 g/mol. The molecule has 11 heteroatoms. The number of aryl methyl sites for hydroxylation is 1. The topological polar surface area (TPSA) is 120 Å². The second kappa shape index (κ2) is 6.63. The number of hydrogen-bond donors (Lipinski definition) is 2. The van der Waals surface area contributed by atoms with Gasteiger partial charge in [0.15, 0.2) is 5.17 Å². The summed E-state index contributed by atoms with van der Waals surface area (Å²) >= 11 is 3.03.